The highest BCUT2D eigenvalue weighted by atomic mass is 79.9. The van der Waals surface area contributed by atoms with Crippen LogP contribution in [0.4, 0.5) is 0 Å². The molecule has 0 saturated heterocycles. The maximum absolute atomic E-state index is 13.1. The third-order valence-corrected chi connectivity index (χ3v) is 6.54. The van der Waals surface area contributed by atoms with Crippen LogP contribution in [0.25, 0.3) is 6.08 Å². The van der Waals surface area contributed by atoms with Crippen LogP contribution in [-0.2, 0) is 18.0 Å². The smallest absolute Gasteiger partial charge is 0.232 e. The zero-order chi connectivity index (χ0) is 23.1. The summed E-state index contributed by atoms with van der Waals surface area (Å²) in [7, 11) is 0. The average molecular weight is 548 g/mol. The molecule has 8 heteroatoms. The van der Waals surface area contributed by atoms with Gasteiger partial charge in [0.1, 0.15) is 23.9 Å². The minimum Gasteiger partial charge on any atom is -0.489 e. The number of hydrogen-bond acceptors (Lipinski definition) is 5. The number of carbonyl (C=O) groups is 1. The summed E-state index contributed by atoms with van der Waals surface area (Å²) in [6.07, 6.45) is 1.70. The van der Waals surface area contributed by atoms with E-state index in [1.807, 2.05) is 19.1 Å². The second kappa shape index (κ2) is 9.03. The van der Waals surface area contributed by atoms with Gasteiger partial charge >= 0.3 is 0 Å². The minimum atomic E-state index is -0.191. The lowest BCUT2D eigenvalue weighted by molar-refractivity contribution is -0.0165. The van der Waals surface area contributed by atoms with E-state index in [1.54, 1.807) is 36.4 Å². The summed E-state index contributed by atoms with van der Waals surface area (Å²) in [5, 5.41) is 1.06. The van der Waals surface area contributed by atoms with Crippen molar-refractivity contribution in [3.8, 4) is 17.2 Å². The van der Waals surface area contributed by atoms with Gasteiger partial charge in [-0.3, -0.25) is 4.79 Å². The maximum Gasteiger partial charge on any atom is 0.232 e. The summed E-state index contributed by atoms with van der Waals surface area (Å²) in [6.45, 7) is 2.64. The van der Waals surface area contributed by atoms with E-state index in [4.69, 9.17) is 42.1 Å². The highest BCUT2D eigenvalue weighted by molar-refractivity contribution is 9.10. The van der Waals surface area contributed by atoms with Crippen LogP contribution in [0.15, 0.2) is 52.7 Å². The van der Waals surface area contributed by atoms with Crippen molar-refractivity contribution in [3.63, 3.8) is 0 Å². The quantitative estimate of drug-likeness (QED) is 0.325. The molecule has 5 rings (SSSR count). The van der Waals surface area contributed by atoms with Crippen LogP contribution in [0.3, 0.4) is 0 Å². The number of ketones is 1. The van der Waals surface area contributed by atoms with Gasteiger partial charge in [-0.15, -0.1) is 0 Å². The molecule has 0 N–H and O–H groups in total. The van der Waals surface area contributed by atoms with E-state index < -0.39 is 0 Å². The van der Waals surface area contributed by atoms with E-state index in [-0.39, 0.29) is 24.9 Å². The molecule has 0 aromatic heterocycles. The highest BCUT2D eigenvalue weighted by Crippen LogP contribution is 2.40. The fourth-order valence-electron chi connectivity index (χ4n) is 3.84. The van der Waals surface area contributed by atoms with Gasteiger partial charge in [0.05, 0.1) is 12.2 Å². The molecule has 168 valence electrons. The number of carbonyl (C=O) groups excluding carboxylic acids is 1. The first-order chi connectivity index (χ1) is 15.9. The Kier molecular flexibility index (Phi) is 6.10. The lowest BCUT2D eigenvalue weighted by Gasteiger charge is -2.20. The summed E-state index contributed by atoms with van der Waals surface area (Å²) in [6, 6.07) is 12.6. The van der Waals surface area contributed by atoms with Crippen LogP contribution < -0.4 is 14.2 Å². The van der Waals surface area contributed by atoms with Crippen molar-refractivity contribution in [2.45, 2.75) is 20.1 Å². The first-order valence-corrected chi connectivity index (χ1v) is 11.6. The number of fused-ring (bicyclic) bond motifs is 2. The number of rotatable bonds is 4. The molecule has 0 spiro atoms. The normalized spacial score (nSPS) is 15.6. The highest BCUT2D eigenvalue weighted by Gasteiger charge is 2.31. The number of hydrogen-bond donors (Lipinski definition) is 0. The van der Waals surface area contributed by atoms with Crippen LogP contribution in [0, 0.1) is 6.92 Å². The molecule has 0 unspecified atom stereocenters. The summed E-state index contributed by atoms with van der Waals surface area (Å²) >= 11 is 16.0. The SMILES string of the molecule is Cc1cc(OCc2c(Cl)cccc2Cl)cc2c1C(=O)/C(=C/c1cc(Br)cc3c1OCOC3)O2. The van der Waals surface area contributed by atoms with Crippen molar-refractivity contribution in [2.24, 2.45) is 0 Å². The van der Waals surface area contributed by atoms with E-state index in [0.29, 0.717) is 45.0 Å². The number of allylic oxidation sites excluding steroid dienone is 1. The average Bonchev–Trinajstić information content (AvgIpc) is 3.09. The van der Waals surface area contributed by atoms with Crippen molar-refractivity contribution >= 4 is 51.0 Å². The molecule has 0 amide bonds. The Hall–Kier alpha value is -2.51. The molecule has 3 aromatic carbocycles. The predicted molar refractivity (Wildman–Crippen MR) is 129 cm³/mol. The second-order valence-corrected chi connectivity index (χ2v) is 9.37. The summed E-state index contributed by atoms with van der Waals surface area (Å²) in [5.74, 6) is 1.71. The first-order valence-electron chi connectivity index (χ1n) is 10.1. The third-order valence-electron chi connectivity index (χ3n) is 5.38. The second-order valence-electron chi connectivity index (χ2n) is 7.64. The molecule has 2 aliphatic heterocycles. The number of benzene rings is 3. The number of Topliss-reactive ketones (excluding diaryl/α,β-unsaturated/α-hetero) is 1. The Labute approximate surface area is 208 Å². The van der Waals surface area contributed by atoms with Gasteiger partial charge in [0.15, 0.2) is 12.6 Å². The molecule has 3 aromatic rings. The van der Waals surface area contributed by atoms with Crippen molar-refractivity contribution in [1.82, 2.24) is 0 Å². The van der Waals surface area contributed by atoms with Crippen molar-refractivity contribution in [2.75, 3.05) is 6.79 Å². The van der Waals surface area contributed by atoms with E-state index in [1.165, 1.54) is 0 Å². The minimum absolute atomic E-state index is 0.162. The van der Waals surface area contributed by atoms with E-state index in [9.17, 15) is 4.79 Å². The fraction of sp³-hybridized carbons (Fsp3) is 0.160. The monoisotopic (exact) mass is 546 g/mol. The molecule has 2 aliphatic rings. The molecule has 0 atom stereocenters. The number of ether oxygens (including phenoxy) is 4. The van der Waals surface area contributed by atoms with Gasteiger partial charge in [-0.25, -0.2) is 0 Å². The van der Waals surface area contributed by atoms with Crippen LogP contribution in [-0.4, -0.2) is 12.6 Å². The van der Waals surface area contributed by atoms with Crippen molar-refractivity contribution in [3.05, 3.63) is 90.6 Å². The fourth-order valence-corrected chi connectivity index (χ4v) is 4.87. The summed E-state index contributed by atoms with van der Waals surface area (Å²) in [5.41, 5.74) is 3.59. The van der Waals surface area contributed by atoms with E-state index in [0.717, 1.165) is 21.2 Å². The first kappa shape index (κ1) is 22.3. The van der Waals surface area contributed by atoms with Gasteiger partial charge in [-0.05, 0) is 48.9 Å². The van der Waals surface area contributed by atoms with Crippen LogP contribution in [0.2, 0.25) is 10.0 Å². The zero-order valence-electron chi connectivity index (χ0n) is 17.4. The van der Waals surface area contributed by atoms with Crippen LogP contribution >= 0.6 is 39.1 Å². The Morgan fingerprint density at radius 1 is 1.15 bits per heavy atom. The molecule has 0 bridgehead atoms. The lowest BCUT2D eigenvalue weighted by Crippen LogP contribution is -2.12. The molecule has 5 nitrogen and oxygen atoms in total. The van der Waals surface area contributed by atoms with Gasteiger partial charge in [0, 0.05) is 37.3 Å². The molecule has 0 fully saturated rings. The Balaban J connectivity index is 1.43. The van der Waals surface area contributed by atoms with Gasteiger partial charge in [-0.2, -0.15) is 0 Å². The number of halogens is 3. The molecule has 0 aliphatic carbocycles. The van der Waals surface area contributed by atoms with Gasteiger partial charge in [-0.1, -0.05) is 45.2 Å². The molecule has 33 heavy (non-hydrogen) atoms. The Bertz CT molecular complexity index is 1300. The Morgan fingerprint density at radius 2 is 1.94 bits per heavy atom. The molecule has 0 radical (unpaired) electrons. The van der Waals surface area contributed by atoms with Crippen molar-refractivity contribution < 1.29 is 23.7 Å². The Morgan fingerprint density at radius 3 is 2.73 bits per heavy atom. The van der Waals surface area contributed by atoms with Gasteiger partial charge in [0.25, 0.3) is 0 Å². The van der Waals surface area contributed by atoms with Gasteiger partial charge in [0.2, 0.25) is 5.78 Å². The molecule has 2 heterocycles. The molecular formula is C25H17BrCl2O5. The third kappa shape index (κ3) is 4.36. The molecule has 0 saturated carbocycles. The van der Waals surface area contributed by atoms with Crippen LogP contribution in [0.5, 0.6) is 17.2 Å². The number of aryl methyl sites for hydroxylation is 1. The van der Waals surface area contributed by atoms with Gasteiger partial charge < -0.3 is 18.9 Å². The molecular weight excluding hydrogens is 531 g/mol. The predicted octanol–water partition coefficient (Wildman–Crippen LogP) is 7.13. The zero-order valence-corrected chi connectivity index (χ0v) is 20.5. The topological polar surface area (TPSA) is 54.0 Å². The van der Waals surface area contributed by atoms with Crippen molar-refractivity contribution in [1.29, 1.82) is 0 Å². The summed E-state index contributed by atoms with van der Waals surface area (Å²) < 4.78 is 23.8. The summed E-state index contributed by atoms with van der Waals surface area (Å²) in [4.78, 5) is 13.1. The lowest BCUT2D eigenvalue weighted by atomic mass is 10.0. The van der Waals surface area contributed by atoms with Crippen LogP contribution in [0.1, 0.15) is 32.6 Å². The van der Waals surface area contributed by atoms with E-state index >= 15 is 0 Å². The standard InChI is InChI=1S/C25H17BrCl2O5/c1-13-5-17(31-11-18-19(27)3-2-4-20(18)28)9-21-23(13)24(29)22(33-21)8-14-6-16(26)7-15-10-30-12-32-25(14)15/h2-9H,10-12H2,1H3/b22-8-. The maximum atomic E-state index is 13.1. The largest absolute Gasteiger partial charge is 0.489 e. The van der Waals surface area contributed by atoms with E-state index in [2.05, 4.69) is 15.9 Å².